The molecular weight excluding hydrogens is 392 g/mol. The molecule has 0 aliphatic rings. The van der Waals surface area contributed by atoms with Gasteiger partial charge in [-0.2, -0.15) is 0 Å². The van der Waals surface area contributed by atoms with E-state index < -0.39 is 50.0 Å². The van der Waals surface area contributed by atoms with Crippen LogP contribution in [0.3, 0.4) is 0 Å². The Morgan fingerprint density at radius 3 is 1.74 bits per heavy atom. The van der Waals surface area contributed by atoms with Crippen LogP contribution < -0.4 is 0 Å². The van der Waals surface area contributed by atoms with Crippen LogP contribution in [0.15, 0.2) is 6.07 Å². The molecule has 150 valence electrons. The Hall–Kier alpha value is -2.43. The van der Waals surface area contributed by atoms with Crippen molar-refractivity contribution in [2.24, 2.45) is 0 Å². The van der Waals surface area contributed by atoms with Gasteiger partial charge in [0.1, 0.15) is 0 Å². The molecule has 0 aliphatic heterocycles. The molecular formula is C16H18F4O6Si. The largest absolute Gasteiger partial charge is 0.705 e. The standard InChI is InChI=1S/C16H18F4O6Si/c1-9(21)24-27(25-10(2)22,26-11(3)23)7-5-4-6-12-8-13(17)15(19)16(20)14(12)18/h8H,4-7H2,1-3H3. The third-order valence-electron chi connectivity index (χ3n) is 3.25. The van der Waals surface area contributed by atoms with Crippen LogP contribution in [0.2, 0.25) is 6.04 Å². The van der Waals surface area contributed by atoms with Gasteiger partial charge in [0.25, 0.3) is 17.9 Å². The fourth-order valence-corrected chi connectivity index (χ4v) is 4.76. The Labute approximate surface area is 153 Å². The van der Waals surface area contributed by atoms with Gasteiger partial charge in [-0.05, 0) is 30.9 Å². The molecule has 6 nitrogen and oxygen atoms in total. The lowest BCUT2D eigenvalue weighted by Gasteiger charge is -2.26. The first-order valence-corrected chi connectivity index (χ1v) is 9.81. The summed E-state index contributed by atoms with van der Waals surface area (Å²) in [6, 6.07) is 0.377. The maximum atomic E-state index is 13.6. The highest BCUT2D eigenvalue weighted by Gasteiger charge is 2.51. The summed E-state index contributed by atoms with van der Waals surface area (Å²) in [6.07, 6.45) is 0.0186. The molecule has 11 heteroatoms. The van der Waals surface area contributed by atoms with Crippen molar-refractivity contribution in [1.29, 1.82) is 0 Å². The summed E-state index contributed by atoms with van der Waals surface area (Å²) in [6.45, 7) is 3.11. The maximum Gasteiger partial charge on any atom is 0.705 e. The van der Waals surface area contributed by atoms with E-state index in [0.717, 1.165) is 20.8 Å². The van der Waals surface area contributed by atoms with Crippen LogP contribution in [0.1, 0.15) is 39.2 Å². The zero-order valence-electron chi connectivity index (χ0n) is 14.9. The predicted molar refractivity (Wildman–Crippen MR) is 85.1 cm³/mol. The number of unbranched alkanes of at least 4 members (excludes halogenated alkanes) is 1. The second kappa shape index (κ2) is 9.49. The molecule has 0 atom stereocenters. The number of rotatable bonds is 8. The maximum absolute atomic E-state index is 13.6. The van der Waals surface area contributed by atoms with E-state index in [2.05, 4.69) is 0 Å². The van der Waals surface area contributed by atoms with E-state index >= 15 is 0 Å². The Morgan fingerprint density at radius 1 is 0.815 bits per heavy atom. The van der Waals surface area contributed by atoms with Crippen molar-refractivity contribution >= 4 is 26.7 Å². The van der Waals surface area contributed by atoms with Crippen molar-refractivity contribution in [1.82, 2.24) is 0 Å². The van der Waals surface area contributed by atoms with E-state index in [0.29, 0.717) is 6.07 Å². The summed E-state index contributed by atoms with van der Waals surface area (Å²) in [4.78, 5) is 33.9. The second-order valence-electron chi connectivity index (χ2n) is 5.63. The SMILES string of the molecule is CC(=O)O[Si](CCCCc1cc(F)c(F)c(F)c1F)(OC(C)=O)OC(C)=O. The van der Waals surface area contributed by atoms with Crippen LogP contribution in [0.4, 0.5) is 17.6 Å². The Kier molecular flexibility index (Phi) is 7.94. The molecule has 1 rings (SSSR count). The zero-order chi connectivity index (χ0) is 20.8. The molecule has 27 heavy (non-hydrogen) atoms. The molecule has 1 aromatic carbocycles. The highest BCUT2D eigenvalue weighted by molar-refractivity contribution is 6.65. The Morgan fingerprint density at radius 2 is 1.30 bits per heavy atom. The van der Waals surface area contributed by atoms with Gasteiger partial charge in [-0.1, -0.05) is 0 Å². The second-order valence-corrected chi connectivity index (χ2v) is 8.11. The Bertz CT molecular complexity index is 699. The summed E-state index contributed by atoms with van der Waals surface area (Å²) < 4.78 is 67.9. The van der Waals surface area contributed by atoms with Crippen LogP contribution in [0.5, 0.6) is 0 Å². The van der Waals surface area contributed by atoms with Gasteiger partial charge in [0, 0.05) is 20.8 Å². The minimum absolute atomic E-state index is 0.0972. The third kappa shape index (κ3) is 6.66. The summed E-state index contributed by atoms with van der Waals surface area (Å²) in [5.74, 6) is -9.34. The van der Waals surface area contributed by atoms with E-state index in [1.165, 1.54) is 0 Å². The number of carbonyl (C=O) groups excluding carboxylic acids is 3. The highest BCUT2D eigenvalue weighted by atomic mass is 28.4. The first kappa shape index (κ1) is 22.6. The summed E-state index contributed by atoms with van der Waals surface area (Å²) >= 11 is 0. The topological polar surface area (TPSA) is 78.9 Å². The monoisotopic (exact) mass is 410 g/mol. The van der Waals surface area contributed by atoms with Gasteiger partial charge in [-0.15, -0.1) is 0 Å². The first-order valence-electron chi connectivity index (χ1n) is 7.88. The van der Waals surface area contributed by atoms with Crippen molar-refractivity contribution in [3.05, 3.63) is 34.9 Å². The van der Waals surface area contributed by atoms with Crippen molar-refractivity contribution < 1.29 is 45.2 Å². The van der Waals surface area contributed by atoms with Gasteiger partial charge in [-0.25, -0.2) is 17.6 Å². The molecule has 0 fully saturated rings. The van der Waals surface area contributed by atoms with Crippen molar-refractivity contribution in [2.75, 3.05) is 0 Å². The summed E-state index contributed by atoms with van der Waals surface area (Å²) in [7, 11) is -4.02. The van der Waals surface area contributed by atoms with Crippen LogP contribution in [-0.4, -0.2) is 26.7 Å². The van der Waals surface area contributed by atoms with Crippen LogP contribution >= 0.6 is 0 Å². The summed E-state index contributed by atoms with van der Waals surface area (Å²) in [5.41, 5.74) is -0.383. The van der Waals surface area contributed by atoms with Gasteiger partial charge < -0.3 is 13.3 Å². The molecule has 0 radical (unpaired) electrons. The molecule has 0 heterocycles. The smallest absolute Gasteiger partial charge is 0.455 e. The fraction of sp³-hybridized carbons (Fsp3) is 0.438. The number of hydrogen-bond donors (Lipinski definition) is 0. The summed E-state index contributed by atoms with van der Waals surface area (Å²) in [5, 5.41) is 0. The molecule has 0 N–H and O–H groups in total. The number of benzene rings is 1. The molecule has 0 bridgehead atoms. The van der Waals surface area contributed by atoms with Gasteiger partial charge in [0.15, 0.2) is 23.3 Å². The molecule has 0 aliphatic carbocycles. The molecule has 0 saturated carbocycles. The zero-order valence-corrected chi connectivity index (χ0v) is 15.9. The van der Waals surface area contributed by atoms with Crippen molar-refractivity contribution in [2.45, 2.75) is 46.1 Å². The average Bonchev–Trinajstić information content (AvgIpc) is 2.52. The van der Waals surface area contributed by atoms with E-state index in [9.17, 15) is 31.9 Å². The molecule has 1 aromatic rings. The minimum atomic E-state index is -4.02. The van der Waals surface area contributed by atoms with Gasteiger partial charge in [0.05, 0.1) is 6.04 Å². The minimum Gasteiger partial charge on any atom is -0.455 e. The predicted octanol–water partition coefficient (Wildman–Crippen LogP) is 3.19. The van der Waals surface area contributed by atoms with E-state index in [1.807, 2.05) is 0 Å². The van der Waals surface area contributed by atoms with Gasteiger partial charge in [0.2, 0.25) is 0 Å². The third-order valence-corrected chi connectivity index (χ3v) is 6.02. The number of halogens is 4. The van der Waals surface area contributed by atoms with E-state index in [1.54, 1.807) is 0 Å². The average molecular weight is 410 g/mol. The molecule has 0 unspecified atom stereocenters. The highest BCUT2D eigenvalue weighted by Crippen LogP contribution is 2.24. The first-order chi connectivity index (χ1) is 12.5. The van der Waals surface area contributed by atoms with Gasteiger partial charge >= 0.3 is 8.80 Å². The number of aryl methyl sites for hydroxylation is 1. The van der Waals surface area contributed by atoms with E-state index in [4.69, 9.17) is 13.3 Å². The van der Waals surface area contributed by atoms with Crippen LogP contribution in [-0.2, 0) is 34.1 Å². The molecule has 0 saturated heterocycles. The number of carbonyl (C=O) groups is 3. The van der Waals surface area contributed by atoms with Crippen LogP contribution in [0, 0.1) is 23.3 Å². The lowest BCUT2D eigenvalue weighted by Crippen LogP contribution is -2.49. The quantitative estimate of drug-likeness (QED) is 0.215. The van der Waals surface area contributed by atoms with Gasteiger partial charge in [-0.3, -0.25) is 14.4 Å². The fourth-order valence-electron chi connectivity index (χ4n) is 2.33. The molecule has 0 spiro atoms. The normalized spacial score (nSPS) is 11.1. The van der Waals surface area contributed by atoms with Crippen molar-refractivity contribution in [3.8, 4) is 0 Å². The van der Waals surface area contributed by atoms with Crippen LogP contribution in [0.25, 0.3) is 0 Å². The lowest BCUT2D eigenvalue weighted by atomic mass is 10.1. The Balaban J connectivity index is 2.85. The molecule has 0 aromatic heterocycles. The van der Waals surface area contributed by atoms with E-state index in [-0.39, 0.29) is 30.9 Å². The molecule has 0 amide bonds. The van der Waals surface area contributed by atoms with Crippen molar-refractivity contribution in [3.63, 3.8) is 0 Å². The number of hydrogen-bond acceptors (Lipinski definition) is 6. The lowest BCUT2D eigenvalue weighted by molar-refractivity contribution is -0.147.